The number of benzene rings is 1. The number of nitrogens with zero attached hydrogens (tertiary/aromatic N) is 2. The molecule has 1 heterocycles. The lowest BCUT2D eigenvalue weighted by molar-refractivity contribution is 0.475. The Labute approximate surface area is 80.6 Å². The number of phenolic OH excluding ortho intramolecular Hbond substituents is 1. The van der Waals surface area contributed by atoms with E-state index < -0.39 is 0 Å². The second-order valence-corrected chi connectivity index (χ2v) is 2.98. The molecule has 0 saturated heterocycles. The molecule has 4 N–H and O–H groups in total. The van der Waals surface area contributed by atoms with Crippen molar-refractivity contribution >= 4 is 5.95 Å². The van der Waals surface area contributed by atoms with Crippen LogP contribution in [0.5, 0.6) is 5.75 Å². The highest BCUT2D eigenvalue weighted by atomic mass is 16.3. The summed E-state index contributed by atoms with van der Waals surface area (Å²) in [6.45, 7) is 0. The standard InChI is InChI=1S/C9H10N4O/c10-9-11-8(12-13-9)5-6-1-3-7(14)4-2-6/h1-4,14H,5H2,(H3,10,11,12,13). The normalized spacial score (nSPS) is 10.3. The maximum absolute atomic E-state index is 9.07. The zero-order chi connectivity index (χ0) is 9.97. The molecular formula is C9H10N4O. The van der Waals surface area contributed by atoms with Gasteiger partial charge in [0.15, 0.2) is 0 Å². The van der Waals surface area contributed by atoms with Crippen LogP contribution in [0.3, 0.4) is 0 Å². The third kappa shape index (κ3) is 1.82. The van der Waals surface area contributed by atoms with E-state index in [0.717, 1.165) is 5.56 Å². The molecule has 0 bridgehead atoms. The van der Waals surface area contributed by atoms with Gasteiger partial charge in [-0.2, -0.15) is 4.98 Å². The number of aromatic amines is 1. The Morgan fingerprint density at radius 3 is 2.57 bits per heavy atom. The van der Waals surface area contributed by atoms with Crippen molar-refractivity contribution in [1.29, 1.82) is 0 Å². The summed E-state index contributed by atoms with van der Waals surface area (Å²) in [6, 6.07) is 6.92. The van der Waals surface area contributed by atoms with Gasteiger partial charge in [-0.1, -0.05) is 12.1 Å². The van der Waals surface area contributed by atoms with Crippen molar-refractivity contribution in [2.75, 3.05) is 5.73 Å². The van der Waals surface area contributed by atoms with E-state index in [-0.39, 0.29) is 11.7 Å². The van der Waals surface area contributed by atoms with Gasteiger partial charge in [-0.15, -0.1) is 5.10 Å². The van der Waals surface area contributed by atoms with Crippen LogP contribution in [-0.4, -0.2) is 20.3 Å². The van der Waals surface area contributed by atoms with E-state index in [0.29, 0.717) is 12.2 Å². The number of rotatable bonds is 2. The number of phenols is 1. The van der Waals surface area contributed by atoms with Crippen LogP contribution in [0.25, 0.3) is 0 Å². The van der Waals surface area contributed by atoms with Gasteiger partial charge in [-0.05, 0) is 17.7 Å². The molecule has 1 aromatic heterocycles. The molecule has 0 unspecified atom stereocenters. The van der Waals surface area contributed by atoms with Gasteiger partial charge in [0.05, 0.1) is 0 Å². The predicted molar refractivity (Wildman–Crippen MR) is 51.7 cm³/mol. The Morgan fingerprint density at radius 1 is 1.29 bits per heavy atom. The predicted octanol–water partition coefficient (Wildman–Crippen LogP) is 0.683. The fourth-order valence-corrected chi connectivity index (χ4v) is 1.20. The van der Waals surface area contributed by atoms with Gasteiger partial charge in [-0.25, -0.2) is 0 Å². The molecule has 72 valence electrons. The molecule has 5 nitrogen and oxygen atoms in total. The molecule has 0 aliphatic heterocycles. The fraction of sp³-hybridized carbons (Fsp3) is 0.111. The van der Waals surface area contributed by atoms with Crippen LogP contribution in [0.4, 0.5) is 5.95 Å². The SMILES string of the molecule is Nc1n[nH]c(Cc2ccc(O)cc2)n1. The third-order valence-electron chi connectivity index (χ3n) is 1.86. The molecule has 0 radical (unpaired) electrons. The average molecular weight is 190 g/mol. The highest BCUT2D eigenvalue weighted by Gasteiger charge is 2.00. The monoisotopic (exact) mass is 190 g/mol. The lowest BCUT2D eigenvalue weighted by atomic mass is 10.1. The first-order chi connectivity index (χ1) is 6.74. The van der Waals surface area contributed by atoms with Crippen molar-refractivity contribution < 1.29 is 5.11 Å². The highest BCUT2D eigenvalue weighted by Crippen LogP contribution is 2.11. The van der Waals surface area contributed by atoms with E-state index in [1.807, 2.05) is 12.1 Å². The van der Waals surface area contributed by atoms with E-state index in [9.17, 15) is 0 Å². The first kappa shape index (κ1) is 8.55. The van der Waals surface area contributed by atoms with Crippen LogP contribution in [0.1, 0.15) is 11.4 Å². The molecular weight excluding hydrogens is 180 g/mol. The smallest absolute Gasteiger partial charge is 0.239 e. The van der Waals surface area contributed by atoms with E-state index in [1.165, 1.54) is 0 Å². The molecule has 0 fully saturated rings. The molecule has 0 amide bonds. The second kappa shape index (κ2) is 3.37. The number of H-pyrrole nitrogens is 1. The van der Waals surface area contributed by atoms with Gasteiger partial charge in [0.2, 0.25) is 5.95 Å². The summed E-state index contributed by atoms with van der Waals surface area (Å²) < 4.78 is 0. The van der Waals surface area contributed by atoms with Gasteiger partial charge in [0, 0.05) is 6.42 Å². The van der Waals surface area contributed by atoms with Crippen LogP contribution in [-0.2, 0) is 6.42 Å². The van der Waals surface area contributed by atoms with Crippen molar-refractivity contribution in [2.24, 2.45) is 0 Å². The molecule has 0 saturated carbocycles. The summed E-state index contributed by atoms with van der Waals surface area (Å²) in [7, 11) is 0. The summed E-state index contributed by atoms with van der Waals surface area (Å²) in [5.74, 6) is 1.22. The number of nitrogen functional groups attached to an aromatic ring is 1. The number of hydrogen-bond acceptors (Lipinski definition) is 4. The van der Waals surface area contributed by atoms with Gasteiger partial charge < -0.3 is 10.8 Å². The Balaban J connectivity index is 2.15. The van der Waals surface area contributed by atoms with Crippen molar-refractivity contribution in [3.63, 3.8) is 0 Å². The number of nitrogens with two attached hydrogens (primary N) is 1. The van der Waals surface area contributed by atoms with Crippen LogP contribution < -0.4 is 5.73 Å². The van der Waals surface area contributed by atoms with Crippen LogP contribution in [0, 0.1) is 0 Å². The number of anilines is 1. The second-order valence-electron chi connectivity index (χ2n) is 2.98. The summed E-state index contributed by atoms with van der Waals surface area (Å²) in [5.41, 5.74) is 6.40. The van der Waals surface area contributed by atoms with Crippen molar-refractivity contribution in [3.05, 3.63) is 35.7 Å². The minimum absolute atomic E-state index is 0.249. The molecule has 0 aliphatic carbocycles. The quantitative estimate of drug-likeness (QED) is 0.649. The molecule has 5 heteroatoms. The fourth-order valence-electron chi connectivity index (χ4n) is 1.20. The molecule has 0 aliphatic rings. The Kier molecular flexibility index (Phi) is 2.06. The van der Waals surface area contributed by atoms with E-state index >= 15 is 0 Å². The largest absolute Gasteiger partial charge is 0.508 e. The maximum Gasteiger partial charge on any atom is 0.239 e. The highest BCUT2D eigenvalue weighted by molar-refractivity contribution is 5.28. The summed E-state index contributed by atoms with van der Waals surface area (Å²) >= 11 is 0. The van der Waals surface area contributed by atoms with Gasteiger partial charge in [0.25, 0.3) is 0 Å². The minimum Gasteiger partial charge on any atom is -0.508 e. The Bertz CT molecular complexity index is 421. The summed E-state index contributed by atoms with van der Waals surface area (Å²) in [6.07, 6.45) is 0.629. The van der Waals surface area contributed by atoms with Crippen LogP contribution >= 0.6 is 0 Å². The lowest BCUT2D eigenvalue weighted by Gasteiger charge is -1.97. The zero-order valence-corrected chi connectivity index (χ0v) is 7.44. The van der Waals surface area contributed by atoms with Crippen molar-refractivity contribution in [2.45, 2.75) is 6.42 Å². The Morgan fingerprint density at radius 2 is 2.00 bits per heavy atom. The molecule has 2 rings (SSSR count). The first-order valence-corrected chi connectivity index (χ1v) is 4.19. The molecule has 1 aromatic carbocycles. The van der Waals surface area contributed by atoms with Gasteiger partial charge >= 0.3 is 0 Å². The lowest BCUT2D eigenvalue weighted by Crippen LogP contribution is -1.91. The average Bonchev–Trinajstić information content (AvgIpc) is 2.56. The number of nitrogens with one attached hydrogen (secondary N) is 1. The third-order valence-corrected chi connectivity index (χ3v) is 1.86. The number of aromatic nitrogens is 3. The molecule has 2 aromatic rings. The van der Waals surface area contributed by atoms with E-state index in [4.69, 9.17) is 10.8 Å². The number of aromatic hydroxyl groups is 1. The molecule has 14 heavy (non-hydrogen) atoms. The molecule has 0 atom stereocenters. The van der Waals surface area contributed by atoms with Crippen molar-refractivity contribution in [3.8, 4) is 5.75 Å². The van der Waals surface area contributed by atoms with E-state index in [1.54, 1.807) is 12.1 Å². The first-order valence-electron chi connectivity index (χ1n) is 4.19. The zero-order valence-electron chi connectivity index (χ0n) is 7.44. The number of hydrogen-bond donors (Lipinski definition) is 3. The maximum atomic E-state index is 9.07. The van der Waals surface area contributed by atoms with Crippen LogP contribution in [0.2, 0.25) is 0 Å². The minimum atomic E-state index is 0.249. The summed E-state index contributed by atoms with van der Waals surface area (Å²) in [4.78, 5) is 3.98. The topological polar surface area (TPSA) is 87.8 Å². The molecule has 0 spiro atoms. The summed E-state index contributed by atoms with van der Waals surface area (Å²) in [5, 5.41) is 15.5. The van der Waals surface area contributed by atoms with Crippen LogP contribution in [0.15, 0.2) is 24.3 Å². The van der Waals surface area contributed by atoms with Crippen molar-refractivity contribution in [1.82, 2.24) is 15.2 Å². The van der Waals surface area contributed by atoms with E-state index in [2.05, 4.69) is 15.2 Å². The Hall–Kier alpha value is -2.04. The van der Waals surface area contributed by atoms with Gasteiger partial charge in [-0.3, -0.25) is 5.10 Å². The van der Waals surface area contributed by atoms with Gasteiger partial charge in [0.1, 0.15) is 11.6 Å².